The van der Waals surface area contributed by atoms with Crippen molar-refractivity contribution >= 4 is 17.5 Å². The molecule has 28 heavy (non-hydrogen) atoms. The summed E-state index contributed by atoms with van der Waals surface area (Å²) in [6.45, 7) is 0.954. The highest BCUT2D eigenvalue weighted by molar-refractivity contribution is 6.30. The van der Waals surface area contributed by atoms with E-state index in [0.29, 0.717) is 41.8 Å². The Bertz CT molecular complexity index is 984. The second-order valence-corrected chi connectivity index (χ2v) is 6.89. The monoisotopic (exact) mass is 398 g/mol. The maximum Gasteiger partial charge on any atom is 0.260 e. The SMILES string of the molecule is COc1ccccc1OCC(=O)N1CCc2noc(-c3ccc(Cl)cc3)c2C1. The van der Waals surface area contributed by atoms with E-state index >= 15 is 0 Å². The van der Waals surface area contributed by atoms with Crippen LogP contribution in [0.2, 0.25) is 5.02 Å². The molecule has 0 unspecified atom stereocenters. The number of ether oxygens (including phenoxy) is 2. The Morgan fingerprint density at radius 2 is 1.93 bits per heavy atom. The van der Waals surface area contributed by atoms with Crippen molar-refractivity contribution in [2.24, 2.45) is 0 Å². The first kappa shape index (κ1) is 18.4. The molecule has 6 nitrogen and oxygen atoms in total. The molecule has 2 aromatic carbocycles. The first-order chi connectivity index (χ1) is 13.7. The van der Waals surface area contributed by atoms with Gasteiger partial charge in [0.05, 0.1) is 19.3 Å². The first-order valence-electron chi connectivity index (χ1n) is 8.92. The molecule has 0 spiro atoms. The Morgan fingerprint density at radius 3 is 2.68 bits per heavy atom. The van der Waals surface area contributed by atoms with Crippen molar-refractivity contribution in [2.45, 2.75) is 13.0 Å². The average Bonchev–Trinajstić information content (AvgIpc) is 3.16. The summed E-state index contributed by atoms with van der Waals surface area (Å²) in [7, 11) is 1.57. The lowest BCUT2D eigenvalue weighted by Crippen LogP contribution is -2.38. The van der Waals surface area contributed by atoms with Crippen LogP contribution in [0.15, 0.2) is 53.1 Å². The molecule has 1 amide bonds. The molecule has 0 fully saturated rings. The summed E-state index contributed by atoms with van der Waals surface area (Å²) < 4.78 is 16.5. The van der Waals surface area contributed by atoms with Gasteiger partial charge in [0.1, 0.15) is 0 Å². The summed E-state index contributed by atoms with van der Waals surface area (Å²) in [6.07, 6.45) is 0.646. The highest BCUT2D eigenvalue weighted by Gasteiger charge is 2.27. The Hall–Kier alpha value is -2.99. The van der Waals surface area contributed by atoms with E-state index in [9.17, 15) is 4.79 Å². The summed E-state index contributed by atoms with van der Waals surface area (Å²) in [5, 5.41) is 4.83. The molecule has 4 rings (SSSR count). The zero-order valence-corrected chi connectivity index (χ0v) is 16.1. The van der Waals surface area contributed by atoms with Gasteiger partial charge in [0.15, 0.2) is 23.9 Å². The third-order valence-electron chi connectivity index (χ3n) is 4.72. The molecule has 144 valence electrons. The van der Waals surface area contributed by atoms with Crippen LogP contribution in [0.3, 0.4) is 0 Å². The number of halogens is 1. The molecule has 0 aliphatic carbocycles. The van der Waals surface area contributed by atoms with Gasteiger partial charge in [-0.25, -0.2) is 0 Å². The second kappa shape index (κ2) is 7.94. The van der Waals surface area contributed by atoms with E-state index < -0.39 is 0 Å². The Labute approximate surface area is 167 Å². The van der Waals surface area contributed by atoms with Gasteiger partial charge >= 0.3 is 0 Å². The lowest BCUT2D eigenvalue weighted by molar-refractivity contribution is -0.134. The van der Waals surface area contributed by atoms with Gasteiger partial charge in [-0.2, -0.15) is 0 Å². The highest BCUT2D eigenvalue weighted by atomic mass is 35.5. The predicted molar refractivity (Wildman–Crippen MR) is 105 cm³/mol. The normalized spacial score (nSPS) is 13.1. The maximum absolute atomic E-state index is 12.7. The minimum Gasteiger partial charge on any atom is -0.493 e. The van der Waals surface area contributed by atoms with Gasteiger partial charge < -0.3 is 18.9 Å². The van der Waals surface area contributed by atoms with Gasteiger partial charge in [-0.05, 0) is 36.4 Å². The Kier molecular flexibility index (Phi) is 5.21. The number of para-hydroxylation sites is 2. The third-order valence-corrected chi connectivity index (χ3v) is 4.97. The van der Waals surface area contributed by atoms with Crippen LogP contribution in [0.4, 0.5) is 0 Å². The largest absolute Gasteiger partial charge is 0.493 e. The van der Waals surface area contributed by atoms with E-state index in [1.807, 2.05) is 24.3 Å². The number of methoxy groups -OCH3 is 1. The maximum atomic E-state index is 12.7. The van der Waals surface area contributed by atoms with Crippen LogP contribution in [0.1, 0.15) is 11.3 Å². The molecule has 3 aromatic rings. The minimum absolute atomic E-state index is 0.0583. The molecular weight excluding hydrogens is 380 g/mol. The number of nitrogens with zero attached hydrogens (tertiary/aromatic N) is 2. The summed E-state index contributed by atoms with van der Waals surface area (Å²) in [6, 6.07) is 14.6. The van der Waals surface area contributed by atoms with Crippen LogP contribution < -0.4 is 9.47 Å². The molecule has 1 aliphatic rings. The number of benzene rings is 2. The number of hydrogen-bond acceptors (Lipinski definition) is 5. The van der Waals surface area contributed by atoms with E-state index in [2.05, 4.69) is 5.16 Å². The lowest BCUT2D eigenvalue weighted by Gasteiger charge is -2.26. The number of aromatic nitrogens is 1. The van der Waals surface area contributed by atoms with Crippen LogP contribution in [0.5, 0.6) is 11.5 Å². The topological polar surface area (TPSA) is 64.8 Å². The van der Waals surface area contributed by atoms with Crippen LogP contribution in [0, 0.1) is 0 Å². The number of amides is 1. The Balaban J connectivity index is 1.47. The smallest absolute Gasteiger partial charge is 0.260 e. The van der Waals surface area contributed by atoms with Crippen molar-refractivity contribution in [2.75, 3.05) is 20.3 Å². The predicted octanol–water partition coefficient (Wildman–Crippen LogP) is 3.97. The molecule has 0 saturated carbocycles. The van der Waals surface area contributed by atoms with Gasteiger partial charge in [0, 0.05) is 29.1 Å². The molecule has 0 radical (unpaired) electrons. The summed E-state index contributed by atoms with van der Waals surface area (Å²) in [5.74, 6) is 1.72. The van der Waals surface area contributed by atoms with E-state index in [1.54, 1.807) is 36.3 Å². The number of hydrogen-bond donors (Lipinski definition) is 0. The Morgan fingerprint density at radius 1 is 1.18 bits per heavy atom. The van der Waals surface area contributed by atoms with Crippen LogP contribution in [-0.4, -0.2) is 36.2 Å². The van der Waals surface area contributed by atoms with Gasteiger partial charge in [-0.15, -0.1) is 0 Å². The van der Waals surface area contributed by atoms with Crippen molar-refractivity contribution in [1.29, 1.82) is 0 Å². The lowest BCUT2D eigenvalue weighted by atomic mass is 10.0. The molecule has 0 atom stereocenters. The fourth-order valence-corrected chi connectivity index (χ4v) is 3.35. The summed E-state index contributed by atoms with van der Waals surface area (Å²) in [4.78, 5) is 14.4. The number of rotatable bonds is 5. The zero-order valence-electron chi connectivity index (χ0n) is 15.4. The average molecular weight is 399 g/mol. The van der Waals surface area contributed by atoms with Crippen LogP contribution in [-0.2, 0) is 17.8 Å². The fourth-order valence-electron chi connectivity index (χ4n) is 3.22. The third kappa shape index (κ3) is 3.68. The highest BCUT2D eigenvalue weighted by Crippen LogP contribution is 2.31. The first-order valence-corrected chi connectivity index (χ1v) is 9.30. The molecule has 2 heterocycles. The molecule has 0 bridgehead atoms. The van der Waals surface area contributed by atoms with Crippen molar-refractivity contribution in [3.8, 4) is 22.8 Å². The van der Waals surface area contributed by atoms with E-state index in [0.717, 1.165) is 16.8 Å². The molecule has 1 aliphatic heterocycles. The number of fused-ring (bicyclic) bond motifs is 1. The van der Waals surface area contributed by atoms with Crippen LogP contribution >= 0.6 is 11.6 Å². The van der Waals surface area contributed by atoms with Crippen molar-refractivity contribution in [3.05, 3.63) is 64.8 Å². The summed E-state index contributed by atoms with van der Waals surface area (Å²) >= 11 is 5.97. The molecule has 0 N–H and O–H groups in total. The quantitative estimate of drug-likeness (QED) is 0.650. The number of carbonyl (C=O) groups is 1. The van der Waals surface area contributed by atoms with Crippen molar-refractivity contribution < 1.29 is 18.8 Å². The zero-order chi connectivity index (χ0) is 19.5. The van der Waals surface area contributed by atoms with Gasteiger partial charge in [0.25, 0.3) is 5.91 Å². The van der Waals surface area contributed by atoms with Gasteiger partial charge in [-0.1, -0.05) is 28.9 Å². The second-order valence-electron chi connectivity index (χ2n) is 6.45. The van der Waals surface area contributed by atoms with E-state index in [4.69, 9.17) is 25.6 Å². The van der Waals surface area contributed by atoms with E-state index in [1.165, 1.54) is 0 Å². The molecule has 1 aromatic heterocycles. The summed E-state index contributed by atoms with van der Waals surface area (Å²) in [5.41, 5.74) is 2.71. The van der Waals surface area contributed by atoms with Crippen LogP contribution in [0.25, 0.3) is 11.3 Å². The molecular formula is C21H19ClN2O4. The van der Waals surface area contributed by atoms with Crippen molar-refractivity contribution in [1.82, 2.24) is 10.1 Å². The standard InChI is InChI=1S/C21H19ClN2O4/c1-26-18-4-2-3-5-19(18)27-13-20(25)24-11-10-17-16(12-24)21(28-23-17)14-6-8-15(22)9-7-14/h2-9H,10-13H2,1H3. The van der Waals surface area contributed by atoms with Gasteiger partial charge in [-0.3, -0.25) is 4.79 Å². The molecule has 0 saturated heterocycles. The molecule has 7 heteroatoms. The van der Waals surface area contributed by atoms with Gasteiger partial charge in [0.2, 0.25) is 0 Å². The fraction of sp³-hybridized carbons (Fsp3) is 0.238. The minimum atomic E-state index is -0.0974. The van der Waals surface area contributed by atoms with E-state index in [-0.39, 0.29) is 12.5 Å². The van der Waals surface area contributed by atoms with Crippen molar-refractivity contribution in [3.63, 3.8) is 0 Å². The number of carbonyl (C=O) groups excluding carboxylic acids is 1.